The molecule has 4 aromatic rings. The summed E-state index contributed by atoms with van der Waals surface area (Å²) in [6, 6.07) is 34.9. The van der Waals surface area contributed by atoms with Gasteiger partial charge in [0.1, 0.15) is 0 Å². The molecule has 1 N–H and O–H groups in total. The maximum Gasteiger partial charge on any atom is 0.212 e. The standard InChI is InChI=1S/C28H29NO2S/c1-22(26-17-16-23-10-8-9-15-27(23)20-26)21-32(30,31)29-19-18-28(24-11-4-2-5-12-24)25-13-6-3-7-14-25/h2-17,20,22,28-29H,18-19,21H2,1H3. The molecule has 0 fully saturated rings. The van der Waals surface area contributed by atoms with Crippen LogP contribution < -0.4 is 4.72 Å². The zero-order chi connectivity index (χ0) is 22.4. The molecule has 0 aliphatic carbocycles. The van der Waals surface area contributed by atoms with Crippen molar-refractivity contribution in [2.75, 3.05) is 12.3 Å². The number of benzene rings is 4. The molecule has 0 heterocycles. The monoisotopic (exact) mass is 443 g/mol. The van der Waals surface area contributed by atoms with E-state index in [0.29, 0.717) is 13.0 Å². The van der Waals surface area contributed by atoms with E-state index in [4.69, 9.17) is 0 Å². The van der Waals surface area contributed by atoms with Gasteiger partial charge in [0.25, 0.3) is 0 Å². The third-order valence-corrected chi connectivity index (χ3v) is 7.55. The lowest BCUT2D eigenvalue weighted by Gasteiger charge is -2.19. The number of hydrogen-bond acceptors (Lipinski definition) is 2. The van der Waals surface area contributed by atoms with E-state index in [2.05, 4.69) is 53.3 Å². The number of sulfonamides is 1. The maximum absolute atomic E-state index is 12.8. The quantitative estimate of drug-likeness (QED) is 0.340. The second kappa shape index (κ2) is 10.1. The van der Waals surface area contributed by atoms with Gasteiger partial charge in [-0.3, -0.25) is 0 Å². The first kappa shape index (κ1) is 22.3. The average Bonchev–Trinajstić information content (AvgIpc) is 2.82. The predicted octanol–water partition coefficient (Wildman–Crippen LogP) is 6.08. The summed E-state index contributed by atoms with van der Waals surface area (Å²) in [5.41, 5.74) is 3.44. The molecule has 0 spiro atoms. The molecule has 4 rings (SSSR count). The first-order chi connectivity index (χ1) is 15.5. The van der Waals surface area contributed by atoms with E-state index in [9.17, 15) is 8.42 Å². The Hall–Kier alpha value is -2.95. The highest BCUT2D eigenvalue weighted by Gasteiger charge is 2.19. The fourth-order valence-electron chi connectivity index (χ4n) is 4.25. The van der Waals surface area contributed by atoms with Crippen molar-refractivity contribution in [3.8, 4) is 0 Å². The van der Waals surface area contributed by atoms with Crippen LogP contribution >= 0.6 is 0 Å². The van der Waals surface area contributed by atoms with E-state index in [1.807, 2.05) is 61.5 Å². The number of fused-ring (bicyclic) bond motifs is 1. The molecule has 0 amide bonds. The van der Waals surface area contributed by atoms with Crippen LogP contribution in [0.15, 0.2) is 103 Å². The van der Waals surface area contributed by atoms with Crippen molar-refractivity contribution < 1.29 is 8.42 Å². The third-order valence-electron chi connectivity index (χ3n) is 5.97. The highest BCUT2D eigenvalue weighted by atomic mass is 32.2. The molecule has 4 aromatic carbocycles. The SMILES string of the molecule is CC(CS(=O)(=O)NCCC(c1ccccc1)c1ccccc1)c1ccc2ccccc2c1. The minimum atomic E-state index is -3.39. The Kier molecular flexibility index (Phi) is 7.03. The van der Waals surface area contributed by atoms with Crippen molar-refractivity contribution in [1.82, 2.24) is 4.72 Å². The van der Waals surface area contributed by atoms with Crippen molar-refractivity contribution >= 4 is 20.8 Å². The Balaban J connectivity index is 1.41. The van der Waals surface area contributed by atoms with Gasteiger partial charge in [0.15, 0.2) is 0 Å². The van der Waals surface area contributed by atoms with Crippen LogP contribution in [0.5, 0.6) is 0 Å². The van der Waals surface area contributed by atoms with E-state index >= 15 is 0 Å². The largest absolute Gasteiger partial charge is 0.215 e. The van der Waals surface area contributed by atoms with E-state index in [1.54, 1.807) is 0 Å². The zero-order valence-electron chi connectivity index (χ0n) is 18.3. The Bertz CT molecular complexity index is 1210. The van der Waals surface area contributed by atoms with Gasteiger partial charge in [-0.05, 0) is 39.8 Å². The molecular formula is C28H29NO2S. The van der Waals surface area contributed by atoms with Gasteiger partial charge >= 0.3 is 0 Å². The van der Waals surface area contributed by atoms with E-state index in [1.165, 1.54) is 11.1 Å². The van der Waals surface area contributed by atoms with Crippen molar-refractivity contribution in [3.05, 3.63) is 120 Å². The third kappa shape index (κ3) is 5.64. The van der Waals surface area contributed by atoms with Crippen LogP contribution in [0.1, 0.15) is 41.9 Å². The van der Waals surface area contributed by atoms with Crippen LogP contribution in [-0.4, -0.2) is 20.7 Å². The molecule has 164 valence electrons. The van der Waals surface area contributed by atoms with E-state index in [-0.39, 0.29) is 17.6 Å². The topological polar surface area (TPSA) is 46.2 Å². The number of hydrogen-bond donors (Lipinski definition) is 1. The number of nitrogens with one attached hydrogen (secondary N) is 1. The van der Waals surface area contributed by atoms with Gasteiger partial charge < -0.3 is 0 Å². The summed E-state index contributed by atoms with van der Waals surface area (Å²) >= 11 is 0. The lowest BCUT2D eigenvalue weighted by atomic mass is 9.89. The summed E-state index contributed by atoms with van der Waals surface area (Å²) in [4.78, 5) is 0. The molecule has 0 bridgehead atoms. The van der Waals surface area contributed by atoms with Gasteiger partial charge in [-0.1, -0.05) is 110 Å². The van der Waals surface area contributed by atoms with Crippen LogP contribution in [0.4, 0.5) is 0 Å². The first-order valence-electron chi connectivity index (χ1n) is 11.1. The van der Waals surface area contributed by atoms with Crippen molar-refractivity contribution in [2.24, 2.45) is 0 Å². The van der Waals surface area contributed by atoms with Crippen LogP contribution in [0.3, 0.4) is 0 Å². The van der Waals surface area contributed by atoms with Crippen LogP contribution in [0.25, 0.3) is 10.8 Å². The predicted molar refractivity (Wildman–Crippen MR) is 133 cm³/mol. The number of rotatable bonds is 9. The summed E-state index contributed by atoms with van der Waals surface area (Å²) in [7, 11) is -3.39. The van der Waals surface area contributed by atoms with Crippen molar-refractivity contribution in [2.45, 2.75) is 25.2 Å². The summed E-state index contributed by atoms with van der Waals surface area (Å²) in [5, 5.41) is 2.30. The Morgan fingerprint density at radius 3 is 1.88 bits per heavy atom. The highest BCUT2D eigenvalue weighted by molar-refractivity contribution is 7.89. The average molecular weight is 444 g/mol. The lowest BCUT2D eigenvalue weighted by Crippen LogP contribution is -2.30. The molecule has 1 unspecified atom stereocenters. The molecule has 0 aliphatic heterocycles. The second-order valence-electron chi connectivity index (χ2n) is 8.35. The fourth-order valence-corrected chi connectivity index (χ4v) is 5.65. The summed E-state index contributed by atoms with van der Waals surface area (Å²) in [6.45, 7) is 2.38. The Morgan fingerprint density at radius 2 is 1.25 bits per heavy atom. The maximum atomic E-state index is 12.8. The molecule has 0 radical (unpaired) electrons. The van der Waals surface area contributed by atoms with Gasteiger partial charge in [-0.2, -0.15) is 0 Å². The lowest BCUT2D eigenvalue weighted by molar-refractivity contribution is 0.570. The molecule has 32 heavy (non-hydrogen) atoms. The molecule has 4 heteroatoms. The van der Waals surface area contributed by atoms with E-state index in [0.717, 1.165) is 16.3 Å². The van der Waals surface area contributed by atoms with E-state index < -0.39 is 10.0 Å². The molecular weight excluding hydrogens is 414 g/mol. The van der Waals surface area contributed by atoms with Crippen LogP contribution in [-0.2, 0) is 10.0 Å². The summed E-state index contributed by atoms with van der Waals surface area (Å²) in [5.74, 6) is 0.140. The van der Waals surface area contributed by atoms with Gasteiger partial charge in [-0.15, -0.1) is 0 Å². The smallest absolute Gasteiger partial charge is 0.212 e. The summed E-state index contributed by atoms with van der Waals surface area (Å²) in [6.07, 6.45) is 0.706. The molecule has 0 aliphatic rings. The first-order valence-corrected chi connectivity index (χ1v) is 12.7. The van der Waals surface area contributed by atoms with Crippen molar-refractivity contribution in [3.63, 3.8) is 0 Å². The minimum Gasteiger partial charge on any atom is -0.215 e. The second-order valence-corrected chi connectivity index (χ2v) is 10.2. The molecule has 0 saturated heterocycles. The van der Waals surface area contributed by atoms with Crippen LogP contribution in [0, 0.1) is 0 Å². The Labute approximate surface area is 191 Å². The normalized spacial score (nSPS) is 12.8. The molecule has 0 saturated carbocycles. The Morgan fingerprint density at radius 1 is 0.688 bits per heavy atom. The fraction of sp³-hybridized carbons (Fsp3) is 0.214. The van der Waals surface area contributed by atoms with Gasteiger partial charge in [0.05, 0.1) is 5.75 Å². The van der Waals surface area contributed by atoms with Crippen molar-refractivity contribution in [1.29, 1.82) is 0 Å². The van der Waals surface area contributed by atoms with Crippen LogP contribution in [0.2, 0.25) is 0 Å². The van der Waals surface area contributed by atoms with Gasteiger partial charge in [-0.25, -0.2) is 13.1 Å². The summed E-state index contributed by atoms with van der Waals surface area (Å²) < 4.78 is 28.5. The molecule has 3 nitrogen and oxygen atoms in total. The molecule has 1 atom stereocenters. The minimum absolute atomic E-state index is 0.0761. The molecule has 0 aromatic heterocycles. The highest BCUT2D eigenvalue weighted by Crippen LogP contribution is 2.28. The van der Waals surface area contributed by atoms with Gasteiger partial charge in [0, 0.05) is 12.5 Å². The van der Waals surface area contributed by atoms with Gasteiger partial charge in [0.2, 0.25) is 10.0 Å². The zero-order valence-corrected chi connectivity index (χ0v) is 19.1.